The van der Waals surface area contributed by atoms with Crippen LogP contribution in [0.15, 0.2) is 41.3 Å². The molecule has 0 atom stereocenters. The SMILES string of the molecule is Cc1c(Cl)cc(S(=O)(=O)N2CC(=O)Nc3ccccc32)cc1[N+](=O)[O-]. The summed E-state index contributed by atoms with van der Waals surface area (Å²) in [4.78, 5) is 22.0. The lowest BCUT2D eigenvalue weighted by molar-refractivity contribution is -0.385. The number of anilines is 2. The molecule has 0 saturated carbocycles. The van der Waals surface area contributed by atoms with Gasteiger partial charge in [0.2, 0.25) is 5.91 Å². The van der Waals surface area contributed by atoms with E-state index in [1.54, 1.807) is 18.2 Å². The van der Waals surface area contributed by atoms with Crippen LogP contribution in [-0.2, 0) is 14.8 Å². The number of carbonyl (C=O) groups is 1. The Kier molecular flexibility index (Phi) is 4.13. The van der Waals surface area contributed by atoms with Crippen LogP contribution in [0, 0.1) is 17.0 Å². The largest absolute Gasteiger partial charge is 0.323 e. The minimum atomic E-state index is -4.22. The van der Waals surface area contributed by atoms with Crippen molar-refractivity contribution in [2.45, 2.75) is 11.8 Å². The molecule has 8 nitrogen and oxygen atoms in total. The second kappa shape index (κ2) is 6.01. The van der Waals surface area contributed by atoms with Gasteiger partial charge in [-0.1, -0.05) is 23.7 Å². The van der Waals surface area contributed by atoms with E-state index in [1.807, 2.05) is 0 Å². The highest BCUT2D eigenvalue weighted by molar-refractivity contribution is 7.93. The molecule has 130 valence electrons. The predicted molar refractivity (Wildman–Crippen MR) is 92.4 cm³/mol. The van der Waals surface area contributed by atoms with Gasteiger partial charge in [-0.2, -0.15) is 0 Å². The van der Waals surface area contributed by atoms with Crippen LogP contribution >= 0.6 is 11.6 Å². The van der Waals surface area contributed by atoms with Crippen LogP contribution in [0.4, 0.5) is 17.1 Å². The minimum Gasteiger partial charge on any atom is -0.323 e. The minimum absolute atomic E-state index is 0.0393. The quantitative estimate of drug-likeness (QED) is 0.649. The first kappa shape index (κ1) is 17.2. The molecule has 0 aliphatic carbocycles. The number of amides is 1. The number of nitrogens with zero attached hydrogens (tertiary/aromatic N) is 2. The molecular weight excluding hydrogens is 370 g/mol. The molecule has 0 aromatic heterocycles. The third-order valence-corrected chi connectivity index (χ3v) is 5.94. The van der Waals surface area contributed by atoms with Crippen LogP contribution in [0.5, 0.6) is 0 Å². The normalized spacial score (nSPS) is 14.0. The zero-order chi connectivity index (χ0) is 18.4. The van der Waals surface area contributed by atoms with Gasteiger partial charge < -0.3 is 5.32 Å². The molecule has 1 N–H and O–H groups in total. The Morgan fingerprint density at radius 1 is 1.28 bits per heavy atom. The summed E-state index contributed by atoms with van der Waals surface area (Å²) in [6.07, 6.45) is 0. The Morgan fingerprint density at radius 3 is 2.64 bits per heavy atom. The van der Waals surface area contributed by atoms with E-state index in [0.29, 0.717) is 5.69 Å². The van der Waals surface area contributed by atoms with Crippen molar-refractivity contribution in [1.29, 1.82) is 0 Å². The van der Waals surface area contributed by atoms with Crippen molar-refractivity contribution >= 4 is 44.6 Å². The van der Waals surface area contributed by atoms with Gasteiger partial charge in [-0.25, -0.2) is 8.42 Å². The zero-order valence-corrected chi connectivity index (χ0v) is 14.5. The predicted octanol–water partition coefficient (Wildman–Crippen LogP) is 2.70. The van der Waals surface area contributed by atoms with E-state index in [-0.39, 0.29) is 21.2 Å². The van der Waals surface area contributed by atoms with Gasteiger partial charge in [-0.3, -0.25) is 19.2 Å². The molecule has 0 unspecified atom stereocenters. The van der Waals surface area contributed by atoms with Gasteiger partial charge in [0, 0.05) is 11.6 Å². The second-order valence-electron chi connectivity index (χ2n) is 5.38. The molecule has 0 fully saturated rings. The Hall–Kier alpha value is -2.65. The van der Waals surface area contributed by atoms with Crippen LogP contribution in [0.2, 0.25) is 5.02 Å². The van der Waals surface area contributed by atoms with E-state index in [1.165, 1.54) is 13.0 Å². The molecule has 0 bridgehead atoms. The maximum absolute atomic E-state index is 13.0. The fourth-order valence-corrected chi connectivity index (χ4v) is 4.29. The Bertz CT molecular complexity index is 1010. The number of hydrogen-bond donors (Lipinski definition) is 1. The first-order chi connectivity index (χ1) is 11.7. The van der Waals surface area contributed by atoms with Crippen LogP contribution < -0.4 is 9.62 Å². The summed E-state index contributed by atoms with van der Waals surface area (Å²) in [5, 5.41) is 13.7. The molecular formula is C15H12ClN3O5S. The molecule has 25 heavy (non-hydrogen) atoms. The molecule has 2 aromatic rings. The molecule has 1 aliphatic heterocycles. The smallest absolute Gasteiger partial charge is 0.275 e. The number of para-hydroxylation sites is 2. The molecule has 3 rings (SSSR count). The molecule has 0 saturated heterocycles. The second-order valence-corrected chi connectivity index (χ2v) is 7.65. The summed E-state index contributed by atoms with van der Waals surface area (Å²) in [5.41, 5.74) is 0.389. The van der Waals surface area contributed by atoms with E-state index in [2.05, 4.69) is 5.32 Å². The third kappa shape index (κ3) is 2.92. The first-order valence-electron chi connectivity index (χ1n) is 7.08. The summed E-state index contributed by atoms with van der Waals surface area (Å²) >= 11 is 5.97. The standard InChI is InChI=1S/C15H12ClN3O5S/c1-9-11(16)6-10(7-14(9)19(21)22)25(23,24)18-8-15(20)17-12-4-2-3-5-13(12)18/h2-7H,8H2,1H3,(H,17,20). The number of nitrogens with one attached hydrogen (secondary N) is 1. The van der Waals surface area contributed by atoms with Crippen LogP contribution in [0.1, 0.15) is 5.56 Å². The first-order valence-corrected chi connectivity index (χ1v) is 8.90. The van der Waals surface area contributed by atoms with Gasteiger partial charge in [-0.05, 0) is 25.1 Å². The summed E-state index contributed by atoms with van der Waals surface area (Å²) in [7, 11) is -4.22. The molecule has 10 heteroatoms. The number of halogens is 1. The summed E-state index contributed by atoms with van der Waals surface area (Å²) < 4.78 is 26.9. The van der Waals surface area contributed by atoms with Crippen molar-refractivity contribution in [3.63, 3.8) is 0 Å². The topological polar surface area (TPSA) is 110 Å². The number of nitro groups is 1. The number of nitro benzene ring substituents is 1. The number of rotatable bonds is 3. The van der Waals surface area contributed by atoms with Crippen molar-refractivity contribution in [1.82, 2.24) is 0 Å². The lowest BCUT2D eigenvalue weighted by Crippen LogP contribution is -2.42. The molecule has 1 amide bonds. The fraction of sp³-hybridized carbons (Fsp3) is 0.133. The van der Waals surface area contributed by atoms with Crippen molar-refractivity contribution in [3.8, 4) is 0 Å². The van der Waals surface area contributed by atoms with Gasteiger partial charge in [-0.15, -0.1) is 0 Å². The average Bonchev–Trinajstić information content (AvgIpc) is 2.55. The summed E-state index contributed by atoms with van der Waals surface area (Å²) in [6, 6.07) is 8.49. The van der Waals surface area contributed by atoms with Gasteiger partial charge in [0.25, 0.3) is 15.7 Å². The van der Waals surface area contributed by atoms with Crippen LogP contribution in [0.25, 0.3) is 0 Å². The van der Waals surface area contributed by atoms with E-state index in [0.717, 1.165) is 16.4 Å². The highest BCUT2D eigenvalue weighted by Crippen LogP contribution is 2.36. The van der Waals surface area contributed by atoms with Crippen molar-refractivity contribution in [3.05, 3.63) is 57.1 Å². The van der Waals surface area contributed by atoms with Gasteiger partial charge in [0.1, 0.15) is 6.54 Å². The number of hydrogen-bond acceptors (Lipinski definition) is 5. The molecule has 0 radical (unpaired) electrons. The Labute approximate surface area is 148 Å². The summed E-state index contributed by atoms with van der Waals surface area (Å²) in [6.45, 7) is 0.999. The zero-order valence-electron chi connectivity index (χ0n) is 12.9. The lowest BCUT2D eigenvalue weighted by Gasteiger charge is -2.30. The monoisotopic (exact) mass is 381 g/mol. The van der Waals surface area contributed by atoms with E-state index < -0.39 is 33.1 Å². The van der Waals surface area contributed by atoms with Crippen molar-refractivity contribution in [2.24, 2.45) is 0 Å². The van der Waals surface area contributed by atoms with Gasteiger partial charge in [0.05, 0.1) is 26.2 Å². The Balaban J connectivity index is 2.18. The third-order valence-electron chi connectivity index (χ3n) is 3.81. The molecule has 0 spiro atoms. The number of carbonyl (C=O) groups excluding carboxylic acids is 1. The molecule has 1 aliphatic rings. The van der Waals surface area contributed by atoms with Crippen molar-refractivity contribution in [2.75, 3.05) is 16.2 Å². The van der Waals surface area contributed by atoms with Crippen LogP contribution in [-0.4, -0.2) is 25.8 Å². The highest BCUT2D eigenvalue weighted by Gasteiger charge is 2.34. The van der Waals surface area contributed by atoms with Crippen molar-refractivity contribution < 1.29 is 18.1 Å². The molecule has 2 aromatic carbocycles. The van der Waals surface area contributed by atoms with E-state index in [4.69, 9.17) is 11.6 Å². The van der Waals surface area contributed by atoms with Gasteiger partial charge in [0.15, 0.2) is 0 Å². The maximum atomic E-state index is 13.0. The summed E-state index contributed by atoms with van der Waals surface area (Å²) in [5.74, 6) is -0.505. The molecule has 1 heterocycles. The van der Waals surface area contributed by atoms with Crippen LogP contribution in [0.3, 0.4) is 0 Å². The fourth-order valence-electron chi connectivity index (χ4n) is 2.52. The van der Waals surface area contributed by atoms with E-state index in [9.17, 15) is 23.3 Å². The Morgan fingerprint density at radius 2 is 1.96 bits per heavy atom. The average molecular weight is 382 g/mol. The van der Waals surface area contributed by atoms with E-state index >= 15 is 0 Å². The highest BCUT2D eigenvalue weighted by atomic mass is 35.5. The maximum Gasteiger partial charge on any atom is 0.275 e. The number of sulfonamides is 1. The number of fused-ring (bicyclic) bond motifs is 1. The van der Waals surface area contributed by atoms with Gasteiger partial charge >= 0.3 is 0 Å². The lowest BCUT2D eigenvalue weighted by atomic mass is 10.2. The number of benzene rings is 2.